The molecule has 0 radical (unpaired) electrons. The van der Waals surface area contributed by atoms with Gasteiger partial charge in [-0.05, 0) is 60.1 Å². The third kappa shape index (κ3) is 3.62. The minimum atomic E-state index is -0.183. The first-order valence-electron chi connectivity index (χ1n) is 11.7. The Labute approximate surface area is 183 Å². The van der Waals surface area contributed by atoms with Crippen molar-refractivity contribution >= 4 is 0 Å². The average Bonchev–Trinajstić information content (AvgIpc) is 3.36. The van der Waals surface area contributed by atoms with E-state index in [4.69, 9.17) is 9.47 Å². The number of aliphatic hydroxyl groups excluding tert-OH is 1. The van der Waals surface area contributed by atoms with Crippen molar-refractivity contribution in [1.82, 2.24) is 4.90 Å². The molecule has 31 heavy (non-hydrogen) atoms. The zero-order valence-corrected chi connectivity index (χ0v) is 17.8. The number of ether oxygens (including phenoxy) is 2. The Morgan fingerprint density at radius 3 is 2.77 bits per heavy atom. The number of hydrogen-bond acceptors (Lipinski definition) is 4. The quantitative estimate of drug-likeness (QED) is 0.815. The smallest absolute Gasteiger partial charge is 0.123 e. The summed E-state index contributed by atoms with van der Waals surface area (Å²) in [5.74, 6) is 0.598. The molecule has 0 amide bonds. The Morgan fingerprint density at radius 1 is 1.00 bits per heavy atom. The fraction of sp³-hybridized carbons (Fsp3) is 0.538. The van der Waals surface area contributed by atoms with Gasteiger partial charge in [0.05, 0.1) is 31.0 Å². The van der Waals surface area contributed by atoms with Crippen LogP contribution in [0.25, 0.3) is 0 Å². The standard InChI is InChI=1S/C26H30FNO3/c27-19-6-5-17-9-16-3-1-2-4-22(16)24-12-20(31-26(24)23(17)11-19)14-28-8-7-25-18(13-28)10-21(15-29)30-25/h1-6,11,18,20-21,24-26,29H,7-10,12-15H2. The molecule has 0 aromatic heterocycles. The molecule has 2 aromatic rings. The molecule has 1 aliphatic carbocycles. The summed E-state index contributed by atoms with van der Waals surface area (Å²) in [5, 5.41) is 9.44. The van der Waals surface area contributed by atoms with Gasteiger partial charge in [0.25, 0.3) is 0 Å². The van der Waals surface area contributed by atoms with E-state index >= 15 is 0 Å². The van der Waals surface area contributed by atoms with E-state index in [0.29, 0.717) is 12.0 Å². The van der Waals surface area contributed by atoms with Crippen molar-refractivity contribution in [3.05, 3.63) is 70.5 Å². The number of aliphatic hydroxyl groups is 1. The highest BCUT2D eigenvalue weighted by molar-refractivity contribution is 5.45. The molecule has 164 valence electrons. The molecule has 0 spiro atoms. The highest BCUT2D eigenvalue weighted by Crippen LogP contribution is 2.49. The van der Waals surface area contributed by atoms with E-state index in [9.17, 15) is 9.50 Å². The summed E-state index contributed by atoms with van der Waals surface area (Å²) in [6, 6.07) is 13.9. The van der Waals surface area contributed by atoms with E-state index in [1.54, 1.807) is 12.1 Å². The first-order chi connectivity index (χ1) is 15.2. The molecular weight excluding hydrogens is 393 g/mol. The minimum absolute atomic E-state index is 0.00667. The molecule has 0 bridgehead atoms. The lowest BCUT2D eigenvalue weighted by molar-refractivity contribution is -0.0301. The van der Waals surface area contributed by atoms with Crippen LogP contribution in [0.1, 0.15) is 53.5 Å². The molecule has 2 aromatic carbocycles. The maximum atomic E-state index is 14.2. The van der Waals surface area contributed by atoms with Gasteiger partial charge in [0.1, 0.15) is 5.82 Å². The first kappa shape index (κ1) is 19.9. The Kier molecular flexibility index (Phi) is 5.10. The van der Waals surface area contributed by atoms with Crippen LogP contribution < -0.4 is 0 Å². The Bertz CT molecular complexity index is 965. The average molecular weight is 424 g/mol. The largest absolute Gasteiger partial charge is 0.394 e. The number of benzene rings is 2. The molecule has 3 saturated heterocycles. The van der Waals surface area contributed by atoms with Gasteiger partial charge < -0.3 is 19.5 Å². The summed E-state index contributed by atoms with van der Waals surface area (Å²) in [7, 11) is 0. The van der Waals surface area contributed by atoms with Crippen molar-refractivity contribution in [2.45, 2.75) is 56.0 Å². The van der Waals surface area contributed by atoms with Crippen molar-refractivity contribution < 1.29 is 19.0 Å². The SMILES string of the molecule is OCC1CC2CN(CC3CC4c5ccccc5Cc5ccc(F)cc5C4O3)CCC2O1. The number of piperidine rings is 1. The molecule has 6 unspecified atom stereocenters. The Hall–Kier alpha value is -1.79. The normalized spacial score (nSPS) is 34.5. The van der Waals surface area contributed by atoms with E-state index in [1.165, 1.54) is 16.7 Å². The predicted octanol–water partition coefficient (Wildman–Crippen LogP) is 3.82. The zero-order chi connectivity index (χ0) is 20.9. The Morgan fingerprint density at radius 2 is 1.87 bits per heavy atom. The van der Waals surface area contributed by atoms with Gasteiger partial charge >= 0.3 is 0 Å². The summed E-state index contributed by atoms with van der Waals surface area (Å²) in [5.41, 5.74) is 4.91. The van der Waals surface area contributed by atoms with Crippen LogP contribution in [0.4, 0.5) is 4.39 Å². The van der Waals surface area contributed by atoms with Crippen LogP contribution in [-0.2, 0) is 15.9 Å². The van der Waals surface area contributed by atoms with Crippen molar-refractivity contribution in [3.8, 4) is 0 Å². The van der Waals surface area contributed by atoms with E-state index in [1.807, 2.05) is 6.07 Å². The minimum Gasteiger partial charge on any atom is -0.394 e. The lowest BCUT2D eigenvalue weighted by Gasteiger charge is -2.35. The van der Waals surface area contributed by atoms with Crippen LogP contribution >= 0.6 is 0 Å². The van der Waals surface area contributed by atoms with Crippen molar-refractivity contribution in [2.75, 3.05) is 26.2 Å². The van der Waals surface area contributed by atoms with Crippen molar-refractivity contribution in [1.29, 1.82) is 0 Å². The molecule has 0 saturated carbocycles. The van der Waals surface area contributed by atoms with Gasteiger partial charge in [0.15, 0.2) is 0 Å². The third-order valence-electron chi connectivity index (χ3n) is 7.82. The van der Waals surface area contributed by atoms with E-state index in [-0.39, 0.29) is 36.7 Å². The molecule has 3 heterocycles. The maximum Gasteiger partial charge on any atom is 0.123 e. The summed E-state index contributed by atoms with van der Waals surface area (Å²) in [6.45, 7) is 3.05. The fourth-order valence-electron chi connectivity index (χ4n) is 6.42. The van der Waals surface area contributed by atoms with Gasteiger partial charge in [0, 0.05) is 31.5 Å². The van der Waals surface area contributed by atoms with Crippen molar-refractivity contribution in [3.63, 3.8) is 0 Å². The van der Waals surface area contributed by atoms with E-state index < -0.39 is 0 Å². The number of hydrogen-bond donors (Lipinski definition) is 1. The highest BCUT2D eigenvalue weighted by atomic mass is 19.1. The number of halogens is 1. The molecule has 6 rings (SSSR count). The van der Waals surface area contributed by atoms with Crippen molar-refractivity contribution in [2.24, 2.45) is 5.92 Å². The summed E-state index contributed by atoms with van der Waals surface area (Å²) < 4.78 is 26.8. The fourth-order valence-corrected chi connectivity index (χ4v) is 6.42. The highest BCUT2D eigenvalue weighted by Gasteiger charge is 2.43. The molecule has 6 atom stereocenters. The number of fused-ring (bicyclic) bond motifs is 6. The number of likely N-dealkylation sites (tertiary alicyclic amines) is 1. The molecule has 1 N–H and O–H groups in total. The molecule has 5 heteroatoms. The molecule has 3 fully saturated rings. The second-order valence-electron chi connectivity index (χ2n) is 9.76. The van der Waals surface area contributed by atoms with Crippen LogP contribution in [0.15, 0.2) is 42.5 Å². The second kappa shape index (κ2) is 7.96. The number of rotatable bonds is 3. The zero-order valence-electron chi connectivity index (χ0n) is 17.8. The van der Waals surface area contributed by atoms with E-state index in [0.717, 1.165) is 50.9 Å². The first-order valence-corrected chi connectivity index (χ1v) is 11.7. The summed E-state index contributed by atoms with van der Waals surface area (Å²) >= 11 is 0. The van der Waals surface area contributed by atoms with Crippen LogP contribution in [0, 0.1) is 11.7 Å². The second-order valence-corrected chi connectivity index (χ2v) is 9.76. The van der Waals surface area contributed by atoms with Gasteiger partial charge in [-0.3, -0.25) is 0 Å². The third-order valence-corrected chi connectivity index (χ3v) is 7.82. The lowest BCUT2D eigenvalue weighted by Crippen LogP contribution is -2.44. The van der Waals surface area contributed by atoms with Crippen LogP contribution in [0.3, 0.4) is 0 Å². The van der Waals surface area contributed by atoms with Crippen LogP contribution in [0.2, 0.25) is 0 Å². The monoisotopic (exact) mass is 423 g/mol. The van der Waals surface area contributed by atoms with Gasteiger partial charge in [-0.25, -0.2) is 4.39 Å². The van der Waals surface area contributed by atoms with Gasteiger partial charge in [0.2, 0.25) is 0 Å². The number of nitrogens with zero attached hydrogens (tertiary/aromatic N) is 1. The predicted molar refractivity (Wildman–Crippen MR) is 116 cm³/mol. The molecular formula is C26H30FNO3. The topological polar surface area (TPSA) is 41.9 Å². The van der Waals surface area contributed by atoms with Crippen LogP contribution in [0.5, 0.6) is 0 Å². The summed E-state index contributed by atoms with van der Waals surface area (Å²) in [6.07, 6.45) is 4.16. The van der Waals surface area contributed by atoms with Gasteiger partial charge in [-0.15, -0.1) is 0 Å². The summed E-state index contributed by atoms with van der Waals surface area (Å²) in [4.78, 5) is 2.51. The Balaban J connectivity index is 1.23. The molecule has 3 aliphatic heterocycles. The van der Waals surface area contributed by atoms with Gasteiger partial charge in [-0.2, -0.15) is 0 Å². The lowest BCUT2D eigenvalue weighted by atomic mass is 9.87. The maximum absolute atomic E-state index is 14.2. The molecule has 4 aliphatic rings. The van der Waals surface area contributed by atoms with Gasteiger partial charge in [-0.1, -0.05) is 30.3 Å². The van der Waals surface area contributed by atoms with Crippen LogP contribution in [-0.4, -0.2) is 54.6 Å². The molecule has 4 nitrogen and oxygen atoms in total. The van der Waals surface area contributed by atoms with E-state index in [2.05, 4.69) is 29.2 Å².